The van der Waals surface area contributed by atoms with Crippen molar-refractivity contribution in [1.29, 1.82) is 0 Å². The molecule has 0 amide bonds. The number of ketones is 2. The molecule has 0 atom stereocenters. The maximum Gasteiger partial charge on any atom is 0.174 e. The molecular formula is C24H24ClN3O2. The van der Waals surface area contributed by atoms with Gasteiger partial charge >= 0.3 is 0 Å². The predicted octanol–water partition coefficient (Wildman–Crippen LogP) is 4.72. The molecular weight excluding hydrogens is 398 g/mol. The van der Waals surface area contributed by atoms with Crippen molar-refractivity contribution in [2.24, 2.45) is 0 Å². The van der Waals surface area contributed by atoms with E-state index in [0.29, 0.717) is 11.1 Å². The number of hydrogen-bond acceptors (Lipinski definition) is 4. The zero-order chi connectivity index (χ0) is 20.1. The lowest BCUT2D eigenvalue weighted by atomic mass is 9.90. The molecule has 5 rings (SSSR count). The van der Waals surface area contributed by atoms with Gasteiger partial charge in [-0.3, -0.25) is 14.0 Å². The van der Waals surface area contributed by atoms with E-state index in [2.05, 4.69) is 42.2 Å². The van der Waals surface area contributed by atoms with Crippen LogP contribution in [0.2, 0.25) is 0 Å². The van der Waals surface area contributed by atoms with Crippen molar-refractivity contribution >= 4 is 51.2 Å². The summed E-state index contributed by atoms with van der Waals surface area (Å²) < 4.78 is 1.97. The van der Waals surface area contributed by atoms with Crippen molar-refractivity contribution in [2.75, 3.05) is 20.6 Å². The Morgan fingerprint density at radius 3 is 2.67 bits per heavy atom. The average molecular weight is 422 g/mol. The van der Waals surface area contributed by atoms with Gasteiger partial charge in [0.15, 0.2) is 11.6 Å². The Morgan fingerprint density at radius 2 is 1.87 bits per heavy atom. The third-order valence-corrected chi connectivity index (χ3v) is 5.91. The molecule has 4 aromatic rings. The third kappa shape index (κ3) is 3.09. The molecule has 0 aliphatic heterocycles. The smallest absolute Gasteiger partial charge is 0.174 e. The molecule has 0 bridgehead atoms. The molecule has 2 aromatic carbocycles. The van der Waals surface area contributed by atoms with Crippen molar-refractivity contribution in [1.82, 2.24) is 14.3 Å². The van der Waals surface area contributed by atoms with E-state index in [0.717, 1.165) is 53.0 Å². The Kier molecular flexibility index (Phi) is 5.35. The number of halogens is 1. The lowest BCUT2D eigenvalue weighted by molar-refractivity contribution is 0.0890. The van der Waals surface area contributed by atoms with Gasteiger partial charge in [0, 0.05) is 11.6 Å². The predicted molar refractivity (Wildman–Crippen MR) is 122 cm³/mol. The van der Waals surface area contributed by atoms with Crippen LogP contribution in [0.4, 0.5) is 0 Å². The minimum Gasteiger partial charge on any atom is -0.309 e. The van der Waals surface area contributed by atoms with Crippen molar-refractivity contribution in [3.63, 3.8) is 0 Å². The molecule has 0 saturated carbocycles. The van der Waals surface area contributed by atoms with E-state index in [4.69, 9.17) is 0 Å². The number of unbranched alkanes of at least 4 members (excludes halogenated alkanes) is 1. The fourth-order valence-corrected chi connectivity index (χ4v) is 4.63. The van der Waals surface area contributed by atoms with Crippen LogP contribution in [0.3, 0.4) is 0 Å². The highest BCUT2D eigenvalue weighted by Crippen LogP contribution is 2.39. The van der Waals surface area contributed by atoms with Crippen LogP contribution < -0.4 is 0 Å². The van der Waals surface area contributed by atoms with Crippen LogP contribution in [0.25, 0.3) is 27.2 Å². The summed E-state index contributed by atoms with van der Waals surface area (Å²) in [4.78, 5) is 32.0. The Morgan fingerprint density at radius 1 is 1.07 bits per heavy atom. The van der Waals surface area contributed by atoms with Crippen LogP contribution in [-0.2, 0) is 6.42 Å². The minimum absolute atomic E-state index is 0. The van der Waals surface area contributed by atoms with E-state index in [1.54, 1.807) is 12.5 Å². The summed E-state index contributed by atoms with van der Waals surface area (Å²) in [7, 11) is 4.18. The van der Waals surface area contributed by atoms with Crippen molar-refractivity contribution in [2.45, 2.75) is 25.7 Å². The second-order valence-electron chi connectivity index (χ2n) is 8.16. The summed E-state index contributed by atoms with van der Waals surface area (Å²) in [5.74, 6) is -0.226. The van der Waals surface area contributed by atoms with Gasteiger partial charge < -0.3 is 4.90 Å². The summed E-state index contributed by atoms with van der Waals surface area (Å²) >= 11 is 0. The van der Waals surface area contributed by atoms with Gasteiger partial charge in [-0.25, -0.2) is 4.98 Å². The standard InChI is InChI=1S/C24H23N3O2.ClH/c1-26(2)10-6-5-8-16-11-15-7-3-4-9-17(15)21-22-20(29)12-19(28)18-13-25-14-27(23(16)21)24(18)22;/h3-4,7,9,11,13-14H,5-6,8,10,12H2,1-2H3;1H. The molecule has 5 nitrogen and oxygen atoms in total. The number of carbonyl (C=O) groups is 2. The number of aryl methyl sites for hydroxylation is 1. The molecule has 0 fully saturated rings. The van der Waals surface area contributed by atoms with E-state index in [9.17, 15) is 9.59 Å². The second kappa shape index (κ2) is 7.82. The maximum absolute atomic E-state index is 13.0. The average Bonchev–Trinajstić information content (AvgIpc) is 3.06. The summed E-state index contributed by atoms with van der Waals surface area (Å²) in [6.45, 7) is 1.05. The van der Waals surface area contributed by atoms with Crippen LogP contribution in [0.1, 0.15) is 45.5 Å². The number of hydrogen-bond donors (Lipinski definition) is 0. The highest BCUT2D eigenvalue weighted by atomic mass is 35.5. The molecule has 2 aromatic heterocycles. The summed E-state index contributed by atoms with van der Waals surface area (Å²) in [6.07, 6.45) is 6.37. The number of nitrogens with zero attached hydrogens (tertiary/aromatic N) is 3. The first-order valence-corrected chi connectivity index (χ1v) is 10.1. The number of aromatic nitrogens is 2. The summed E-state index contributed by atoms with van der Waals surface area (Å²) in [5, 5.41) is 3.17. The van der Waals surface area contributed by atoms with Crippen molar-refractivity contribution in [3.05, 3.63) is 59.5 Å². The summed E-state index contributed by atoms with van der Waals surface area (Å²) in [5.41, 5.74) is 4.20. The van der Waals surface area contributed by atoms with Gasteiger partial charge in [0.25, 0.3) is 0 Å². The van der Waals surface area contributed by atoms with Crippen LogP contribution in [0, 0.1) is 0 Å². The van der Waals surface area contributed by atoms with Gasteiger partial charge in [-0.1, -0.05) is 24.3 Å². The van der Waals surface area contributed by atoms with Gasteiger partial charge in [-0.2, -0.15) is 0 Å². The minimum atomic E-state index is -0.139. The molecule has 0 unspecified atom stereocenters. The van der Waals surface area contributed by atoms with Gasteiger partial charge in [0.05, 0.1) is 34.9 Å². The first-order valence-electron chi connectivity index (χ1n) is 10.1. The van der Waals surface area contributed by atoms with Gasteiger partial charge in [0.1, 0.15) is 0 Å². The molecule has 0 radical (unpaired) electrons. The van der Waals surface area contributed by atoms with Crippen LogP contribution in [-0.4, -0.2) is 46.5 Å². The van der Waals surface area contributed by atoms with Gasteiger partial charge in [0.2, 0.25) is 0 Å². The van der Waals surface area contributed by atoms with E-state index < -0.39 is 0 Å². The highest BCUT2D eigenvalue weighted by molar-refractivity contribution is 6.32. The molecule has 6 heteroatoms. The Balaban J connectivity index is 0.00000218. The van der Waals surface area contributed by atoms with E-state index in [-0.39, 0.29) is 30.4 Å². The lowest BCUT2D eigenvalue weighted by Crippen LogP contribution is -2.16. The first-order chi connectivity index (χ1) is 14.1. The normalized spacial score (nSPS) is 13.6. The number of carbonyl (C=O) groups excluding carboxylic acids is 2. The topological polar surface area (TPSA) is 54.7 Å². The van der Waals surface area contributed by atoms with Crippen LogP contribution in [0.5, 0.6) is 0 Å². The van der Waals surface area contributed by atoms with Gasteiger partial charge in [-0.15, -0.1) is 12.4 Å². The van der Waals surface area contributed by atoms with Crippen molar-refractivity contribution < 1.29 is 9.59 Å². The van der Waals surface area contributed by atoms with Crippen LogP contribution in [0.15, 0.2) is 42.9 Å². The molecule has 0 saturated heterocycles. The first kappa shape index (κ1) is 20.5. The summed E-state index contributed by atoms with van der Waals surface area (Å²) in [6, 6.07) is 10.4. The van der Waals surface area contributed by atoms with Crippen LogP contribution >= 0.6 is 12.4 Å². The SMILES string of the molecule is CN(C)CCCCc1cc2ccccc2c2c3c4c(cncn4c12)C(=O)CC3=O.Cl. The lowest BCUT2D eigenvalue weighted by Gasteiger charge is -2.11. The van der Waals surface area contributed by atoms with E-state index in [1.807, 2.05) is 16.5 Å². The maximum atomic E-state index is 13.0. The molecule has 154 valence electrons. The monoisotopic (exact) mass is 421 g/mol. The molecule has 30 heavy (non-hydrogen) atoms. The third-order valence-electron chi connectivity index (χ3n) is 5.91. The quantitative estimate of drug-likeness (QED) is 0.345. The Hall–Kier alpha value is -2.76. The Bertz CT molecular complexity index is 1310. The highest BCUT2D eigenvalue weighted by Gasteiger charge is 2.31. The zero-order valence-corrected chi connectivity index (χ0v) is 18.0. The molecule has 2 heterocycles. The molecule has 0 N–H and O–H groups in total. The van der Waals surface area contributed by atoms with E-state index >= 15 is 0 Å². The van der Waals surface area contributed by atoms with Gasteiger partial charge in [-0.05, 0) is 62.3 Å². The fourth-order valence-electron chi connectivity index (χ4n) is 4.63. The number of rotatable bonds is 5. The number of Topliss-reactive ketones (excluding diaryl/α,β-unsaturated/α-hetero) is 2. The second-order valence-corrected chi connectivity index (χ2v) is 8.16. The largest absolute Gasteiger partial charge is 0.309 e. The van der Waals surface area contributed by atoms with E-state index in [1.165, 1.54) is 5.56 Å². The fraction of sp³-hybridized carbons (Fsp3) is 0.292. The molecule has 0 spiro atoms. The van der Waals surface area contributed by atoms with Crippen molar-refractivity contribution in [3.8, 4) is 0 Å². The Labute approximate surface area is 181 Å². The molecule has 1 aliphatic rings. The zero-order valence-electron chi connectivity index (χ0n) is 17.1. The number of fused-ring (bicyclic) bond motifs is 5. The number of benzene rings is 2. The molecule has 1 aliphatic carbocycles.